The van der Waals surface area contributed by atoms with Crippen molar-refractivity contribution in [3.63, 3.8) is 0 Å². The number of halogens is 1. The average molecular weight is 335 g/mol. The van der Waals surface area contributed by atoms with Gasteiger partial charge >= 0.3 is 0 Å². The topological polar surface area (TPSA) is 25.8 Å². The Morgan fingerprint density at radius 2 is 2.17 bits per heavy atom. The number of rotatable bonds is 2. The van der Waals surface area contributed by atoms with Gasteiger partial charge in [-0.1, -0.05) is 42.5 Å². The number of benzene rings is 1. The van der Waals surface area contributed by atoms with Crippen molar-refractivity contribution in [1.82, 2.24) is 9.97 Å². The maximum absolute atomic E-state index is 6.70. The third-order valence-corrected chi connectivity index (χ3v) is 5.41. The van der Waals surface area contributed by atoms with Gasteiger partial charge in [0.2, 0.25) is 0 Å². The largest absolute Gasteiger partial charge is 0.261 e. The summed E-state index contributed by atoms with van der Waals surface area (Å²) in [5.41, 5.74) is 6.80. The van der Waals surface area contributed by atoms with E-state index < -0.39 is 0 Å². The number of hydrogen-bond acceptors (Lipinski definition) is 2. The second kappa shape index (κ2) is 6.03. The molecule has 0 saturated heterocycles. The van der Waals surface area contributed by atoms with Crippen LogP contribution in [0.1, 0.15) is 40.4 Å². The van der Waals surface area contributed by atoms with Crippen LogP contribution in [0.25, 0.3) is 17.0 Å². The normalized spacial score (nSPS) is 16.8. The van der Waals surface area contributed by atoms with Crippen molar-refractivity contribution in [2.24, 2.45) is 0 Å². The van der Waals surface area contributed by atoms with Crippen molar-refractivity contribution in [3.8, 4) is 0 Å². The number of nitrogens with zero attached hydrogens (tertiary/aromatic N) is 2. The number of fused-ring (bicyclic) bond motifs is 2. The van der Waals surface area contributed by atoms with Crippen LogP contribution in [0.2, 0.25) is 5.02 Å². The number of aryl methyl sites for hydroxylation is 1. The first kappa shape index (κ1) is 15.3. The molecule has 2 aromatic heterocycles. The van der Waals surface area contributed by atoms with Crippen molar-refractivity contribution in [2.45, 2.75) is 32.1 Å². The Kier molecular flexibility index (Phi) is 3.85. The molecular weight excluding hydrogens is 316 g/mol. The van der Waals surface area contributed by atoms with Gasteiger partial charge in [0.15, 0.2) is 0 Å². The molecule has 120 valence electrons. The number of aromatic nitrogens is 2. The minimum Gasteiger partial charge on any atom is -0.261 e. The fraction of sp³-hybridized carbons (Fsp3) is 0.238. The van der Waals surface area contributed by atoms with Crippen molar-refractivity contribution >= 4 is 28.6 Å². The van der Waals surface area contributed by atoms with Gasteiger partial charge in [-0.3, -0.25) is 9.97 Å². The monoisotopic (exact) mass is 334 g/mol. The molecule has 0 radical (unpaired) electrons. The van der Waals surface area contributed by atoms with Crippen LogP contribution >= 0.6 is 11.6 Å². The van der Waals surface area contributed by atoms with Crippen LogP contribution in [0.5, 0.6) is 0 Å². The molecule has 0 amide bonds. The Morgan fingerprint density at radius 3 is 2.96 bits per heavy atom. The van der Waals surface area contributed by atoms with E-state index in [0.717, 1.165) is 46.4 Å². The summed E-state index contributed by atoms with van der Waals surface area (Å²) >= 11 is 6.70. The molecule has 2 heterocycles. The Labute approximate surface area is 147 Å². The molecule has 1 atom stereocenters. The molecule has 24 heavy (non-hydrogen) atoms. The molecule has 2 nitrogen and oxygen atoms in total. The van der Waals surface area contributed by atoms with Crippen molar-refractivity contribution in [1.29, 1.82) is 0 Å². The molecule has 0 saturated carbocycles. The highest BCUT2D eigenvalue weighted by Gasteiger charge is 2.26. The van der Waals surface area contributed by atoms with Crippen molar-refractivity contribution in [3.05, 3.63) is 76.2 Å². The van der Waals surface area contributed by atoms with Gasteiger partial charge in [0, 0.05) is 28.9 Å². The molecule has 3 heteroatoms. The Balaban J connectivity index is 1.80. The SMILES string of the molecule is C=Cc1ccc2c(Cl)c3c(nc2c1)CC(c1ncccc1C)CC3. The molecule has 1 unspecified atom stereocenters. The molecule has 3 aromatic rings. The third-order valence-electron chi connectivity index (χ3n) is 4.98. The van der Waals surface area contributed by atoms with Gasteiger partial charge < -0.3 is 0 Å². The molecule has 4 rings (SSSR count). The van der Waals surface area contributed by atoms with Gasteiger partial charge in [-0.25, -0.2) is 0 Å². The van der Waals surface area contributed by atoms with Crippen LogP contribution < -0.4 is 0 Å². The predicted octanol–water partition coefficient (Wildman–Crippen LogP) is 5.51. The summed E-state index contributed by atoms with van der Waals surface area (Å²) in [4.78, 5) is 9.54. The fourth-order valence-electron chi connectivity index (χ4n) is 3.69. The smallest absolute Gasteiger partial charge is 0.0726 e. The minimum absolute atomic E-state index is 0.419. The zero-order chi connectivity index (χ0) is 16.7. The van der Waals surface area contributed by atoms with Crippen LogP contribution in [-0.2, 0) is 12.8 Å². The van der Waals surface area contributed by atoms with Crippen LogP contribution in [0.15, 0.2) is 43.1 Å². The van der Waals surface area contributed by atoms with E-state index in [1.165, 1.54) is 16.8 Å². The summed E-state index contributed by atoms with van der Waals surface area (Å²) in [7, 11) is 0. The molecular formula is C21H19ClN2. The van der Waals surface area contributed by atoms with Crippen LogP contribution in [0.3, 0.4) is 0 Å². The lowest BCUT2D eigenvalue weighted by Crippen LogP contribution is -2.17. The zero-order valence-electron chi connectivity index (χ0n) is 13.7. The lowest BCUT2D eigenvalue weighted by Gasteiger charge is -2.26. The van der Waals surface area contributed by atoms with E-state index in [-0.39, 0.29) is 0 Å². The summed E-state index contributed by atoms with van der Waals surface area (Å²) < 4.78 is 0. The molecule has 0 fully saturated rings. The van der Waals surface area contributed by atoms with Crippen LogP contribution in [-0.4, -0.2) is 9.97 Å². The van der Waals surface area contributed by atoms with E-state index in [4.69, 9.17) is 16.6 Å². The third kappa shape index (κ3) is 2.51. The minimum atomic E-state index is 0.419. The van der Waals surface area contributed by atoms with Gasteiger partial charge in [-0.05, 0) is 55.0 Å². The molecule has 0 bridgehead atoms. The van der Waals surface area contributed by atoms with Gasteiger partial charge in [0.25, 0.3) is 0 Å². The van der Waals surface area contributed by atoms with Crippen molar-refractivity contribution < 1.29 is 0 Å². The average Bonchev–Trinajstić information content (AvgIpc) is 2.61. The van der Waals surface area contributed by atoms with Crippen LogP contribution in [0, 0.1) is 6.92 Å². The standard InChI is InChI=1S/C21H19ClN2/c1-3-14-6-8-16-18(11-14)24-19-12-15(7-9-17(19)20(16)22)21-13(2)5-4-10-23-21/h3-6,8,10-11,15H,1,7,9,12H2,2H3. The molecule has 0 spiro atoms. The van der Waals surface area contributed by atoms with E-state index in [9.17, 15) is 0 Å². The van der Waals surface area contributed by atoms with Gasteiger partial charge in [-0.15, -0.1) is 0 Å². The summed E-state index contributed by atoms with van der Waals surface area (Å²) in [6.07, 6.45) is 6.66. The summed E-state index contributed by atoms with van der Waals surface area (Å²) in [5.74, 6) is 0.419. The highest BCUT2D eigenvalue weighted by atomic mass is 35.5. The fourth-order valence-corrected chi connectivity index (χ4v) is 4.05. The summed E-state index contributed by atoms with van der Waals surface area (Å²) in [6.45, 7) is 5.97. The van der Waals surface area contributed by atoms with E-state index in [2.05, 4.69) is 36.7 Å². The van der Waals surface area contributed by atoms with E-state index in [1.54, 1.807) is 0 Å². The molecule has 0 aliphatic heterocycles. The quantitative estimate of drug-likeness (QED) is 0.617. The predicted molar refractivity (Wildman–Crippen MR) is 101 cm³/mol. The highest BCUT2D eigenvalue weighted by Crippen LogP contribution is 2.38. The number of pyridine rings is 2. The number of hydrogen-bond donors (Lipinski definition) is 0. The lowest BCUT2D eigenvalue weighted by molar-refractivity contribution is 0.559. The Bertz CT molecular complexity index is 946. The van der Waals surface area contributed by atoms with Crippen molar-refractivity contribution in [2.75, 3.05) is 0 Å². The first-order valence-electron chi connectivity index (χ1n) is 8.32. The molecule has 1 aromatic carbocycles. The first-order valence-corrected chi connectivity index (χ1v) is 8.70. The molecule has 1 aliphatic carbocycles. The zero-order valence-corrected chi connectivity index (χ0v) is 14.5. The summed E-state index contributed by atoms with van der Waals surface area (Å²) in [6, 6.07) is 10.3. The lowest BCUT2D eigenvalue weighted by atomic mass is 9.83. The highest BCUT2D eigenvalue weighted by molar-refractivity contribution is 6.36. The maximum Gasteiger partial charge on any atom is 0.0726 e. The van der Waals surface area contributed by atoms with Gasteiger partial charge in [0.05, 0.1) is 10.5 Å². The maximum atomic E-state index is 6.70. The Morgan fingerprint density at radius 1 is 1.29 bits per heavy atom. The summed E-state index contributed by atoms with van der Waals surface area (Å²) in [5, 5.41) is 1.90. The first-order chi connectivity index (χ1) is 11.7. The molecule has 1 aliphatic rings. The Hall–Kier alpha value is -2.19. The van der Waals surface area contributed by atoms with E-state index in [0.29, 0.717) is 5.92 Å². The van der Waals surface area contributed by atoms with Crippen LogP contribution in [0.4, 0.5) is 0 Å². The van der Waals surface area contributed by atoms with E-state index in [1.807, 2.05) is 24.4 Å². The second-order valence-electron chi connectivity index (χ2n) is 6.48. The molecule has 0 N–H and O–H groups in total. The van der Waals surface area contributed by atoms with E-state index >= 15 is 0 Å². The van der Waals surface area contributed by atoms with Gasteiger partial charge in [-0.2, -0.15) is 0 Å². The second-order valence-corrected chi connectivity index (χ2v) is 6.85. The van der Waals surface area contributed by atoms with Gasteiger partial charge in [0.1, 0.15) is 0 Å².